The van der Waals surface area contributed by atoms with Gasteiger partial charge in [0, 0.05) is 28.0 Å². The van der Waals surface area contributed by atoms with Crippen LogP contribution in [0.3, 0.4) is 0 Å². The lowest BCUT2D eigenvalue weighted by Gasteiger charge is -2.22. The number of thiophene rings is 1. The smallest absolute Gasteiger partial charge is 0.341 e. The van der Waals surface area contributed by atoms with Gasteiger partial charge in [-0.05, 0) is 43.3 Å². The van der Waals surface area contributed by atoms with Crippen molar-refractivity contribution in [1.82, 2.24) is 4.90 Å². The molecule has 1 aliphatic rings. The van der Waals surface area contributed by atoms with Crippen LogP contribution in [-0.2, 0) is 17.7 Å². The summed E-state index contributed by atoms with van der Waals surface area (Å²) in [6.07, 6.45) is 0.779. The average Bonchev–Trinajstić information content (AvgIpc) is 2.91. The molecule has 5 nitrogen and oxygen atoms in total. The molecule has 0 fully saturated rings. The lowest BCUT2D eigenvalue weighted by molar-refractivity contribution is 0.0600. The van der Waals surface area contributed by atoms with Crippen molar-refractivity contribution >= 4 is 44.1 Å². The summed E-state index contributed by atoms with van der Waals surface area (Å²) in [6, 6.07) is 7.09. The lowest BCUT2D eigenvalue weighted by Crippen LogP contribution is -2.26. The van der Waals surface area contributed by atoms with Gasteiger partial charge in [-0.3, -0.25) is 4.79 Å². The van der Waals surface area contributed by atoms with Gasteiger partial charge in [-0.1, -0.05) is 15.9 Å². The summed E-state index contributed by atoms with van der Waals surface area (Å²) in [4.78, 5) is 28.0. The number of benzene rings is 1. The molecule has 0 radical (unpaired) electrons. The van der Waals surface area contributed by atoms with E-state index in [-0.39, 0.29) is 5.91 Å². The van der Waals surface area contributed by atoms with E-state index in [0.29, 0.717) is 16.1 Å². The first-order chi connectivity index (χ1) is 11.5. The number of nitrogens with zero attached hydrogens (tertiary/aromatic N) is 1. The van der Waals surface area contributed by atoms with Gasteiger partial charge in [0.25, 0.3) is 5.91 Å². The highest BCUT2D eigenvalue weighted by Gasteiger charge is 2.28. The van der Waals surface area contributed by atoms with Crippen LogP contribution in [0.5, 0.6) is 0 Å². The van der Waals surface area contributed by atoms with Crippen LogP contribution in [-0.4, -0.2) is 37.5 Å². The van der Waals surface area contributed by atoms with Crippen molar-refractivity contribution < 1.29 is 14.3 Å². The van der Waals surface area contributed by atoms with Gasteiger partial charge in [-0.2, -0.15) is 0 Å². The fourth-order valence-electron chi connectivity index (χ4n) is 2.71. The fourth-order valence-corrected chi connectivity index (χ4v) is 4.29. The molecule has 1 aliphatic heterocycles. The minimum Gasteiger partial charge on any atom is -0.465 e. The van der Waals surface area contributed by atoms with Crippen LogP contribution in [0.1, 0.15) is 31.2 Å². The number of halogens is 1. The minimum absolute atomic E-state index is 0.236. The van der Waals surface area contributed by atoms with E-state index < -0.39 is 5.97 Å². The highest BCUT2D eigenvalue weighted by atomic mass is 79.9. The number of esters is 1. The molecule has 0 unspecified atom stereocenters. The number of carbonyl (C=O) groups excluding carboxylic acids is 2. The summed E-state index contributed by atoms with van der Waals surface area (Å²) < 4.78 is 5.83. The first-order valence-corrected chi connectivity index (χ1v) is 9.09. The first-order valence-electron chi connectivity index (χ1n) is 7.48. The van der Waals surface area contributed by atoms with Crippen molar-refractivity contribution in [3.05, 3.63) is 50.3 Å². The quantitative estimate of drug-likeness (QED) is 0.788. The van der Waals surface area contributed by atoms with Crippen molar-refractivity contribution in [3.63, 3.8) is 0 Å². The van der Waals surface area contributed by atoms with Gasteiger partial charge in [0.15, 0.2) is 0 Å². The van der Waals surface area contributed by atoms with Crippen molar-refractivity contribution in [2.45, 2.75) is 13.0 Å². The van der Waals surface area contributed by atoms with Gasteiger partial charge < -0.3 is 15.0 Å². The second-order valence-corrected chi connectivity index (χ2v) is 7.67. The summed E-state index contributed by atoms with van der Waals surface area (Å²) in [7, 11) is 3.40. The summed E-state index contributed by atoms with van der Waals surface area (Å²) >= 11 is 4.80. The van der Waals surface area contributed by atoms with Crippen LogP contribution < -0.4 is 5.32 Å². The topological polar surface area (TPSA) is 58.6 Å². The molecule has 0 saturated heterocycles. The number of fused-ring (bicyclic) bond motifs is 1. The normalized spacial score (nSPS) is 14.1. The van der Waals surface area contributed by atoms with Crippen molar-refractivity contribution in [3.8, 4) is 0 Å². The van der Waals surface area contributed by atoms with Crippen molar-refractivity contribution in [2.75, 3.05) is 26.0 Å². The second-order valence-electron chi connectivity index (χ2n) is 5.65. The molecule has 0 spiro atoms. The maximum absolute atomic E-state index is 12.5. The Balaban J connectivity index is 1.93. The predicted octanol–water partition coefficient (Wildman–Crippen LogP) is 3.54. The number of likely N-dealkylation sites (N-methyl/N-ethyl adjacent to an activating group) is 1. The third-order valence-electron chi connectivity index (χ3n) is 3.97. The maximum atomic E-state index is 12.5. The van der Waals surface area contributed by atoms with Gasteiger partial charge in [-0.25, -0.2) is 4.79 Å². The van der Waals surface area contributed by atoms with Crippen LogP contribution >= 0.6 is 27.3 Å². The van der Waals surface area contributed by atoms with Gasteiger partial charge in [0.05, 0.1) is 12.7 Å². The summed E-state index contributed by atoms with van der Waals surface area (Å²) in [6.45, 7) is 1.66. The molecule has 2 aromatic rings. The van der Waals surface area contributed by atoms with Gasteiger partial charge in [0.2, 0.25) is 0 Å². The molecule has 1 amide bonds. The van der Waals surface area contributed by atoms with Crippen LogP contribution in [0.25, 0.3) is 0 Å². The Morgan fingerprint density at radius 1 is 1.29 bits per heavy atom. The standard InChI is InChI=1S/C17H17BrN2O3S/c1-20-8-7-12-13(9-20)24-16(14(12)17(22)23-2)19-15(21)10-3-5-11(18)6-4-10/h3-6H,7-9H2,1-2H3,(H,19,21). The molecule has 0 aliphatic carbocycles. The van der Waals surface area contributed by atoms with Crippen LogP contribution in [0.2, 0.25) is 0 Å². The second kappa shape index (κ2) is 7.04. The Morgan fingerprint density at radius 3 is 2.67 bits per heavy atom. The fraction of sp³-hybridized carbons (Fsp3) is 0.294. The van der Waals surface area contributed by atoms with Crippen molar-refractivity contribution in [1.29, 1.82) is 0 Å². The predicted molar refractivity (Wildman–Crippen MR) is 97.8 cm³/mol. The van der Waals surface area contributed by atoms with E-state index in [2.05, 4.69) is 26.1 Å². The van der Waals surface area contributed by atoms with E-state index in [1.807, 2.05) is 19.2 Å². The number of hydrogen-bond donors (Lipinski definition) is 1. The van der Waals surface area contributed by atoms with Crippen LogP contribution in [0.15, 0.2) is 28.7 Å². The molecular weight excluding hydrogens is 392 g/mol. The van der Waals surface area contributed by atoms with Gasteiger partial charge >= 0.3 is 5.97 Å². The molecule has 0 bridgehead atoms. The van der Waals surface area contributed by atoms with E-state index in [1.165, 1.54) is 18.4 Å². The van der Waals surface area contributed by atoms with E-state index in [0.717, 1.165) is 34.4 Å². The highest BCUT2D eigenvalue weighted by Crippen LogP contribution is 2.37. The third-order valence-corrected chi connectivity index (χ3v) is 5.63. The molecule has 1 N–H and O–H groups in total. The Hall–Kier alpha value is -1.70. The zero-order valence-electron chi connectivity index (χ0n) is 13.4. The molecule has 24 heavy (non-hydrogen) atoms. The Labute approximate surface area is 152 Å². The van der Waals surface area contributed by atoms with Crippen LogP contribution in [0.4, 0.5) is 5.00 Å². The van der Waals surface area contributed by atoms with E-state index in [1.54, 1.807) is 12.1 Å². The number of rotatable bonds is 3. The molecule has 7 heteroatoms. The number of carbonyl (C=O) groups is 2. The number of methoxy groups -OCH3 is 1. The number of hydrogen-bond acceptors (Lipinski definition) is 5. The molecule has 2 heterocycles. The van der Waals surface area contributed by atoms with Gasteiger partial charge in [-0.15, -0.1) is 11.3 Å². The molecule has 1 aromatic carbocycles. The lowest BCUT2D eigenvalue weighted by atomic mass is 10.0. The molecular formula is C17H17BrN2O3S. The van der Waals surface area contributed by atoms with Gasteiger partial charge in [0.1, 0.15) is 5.00 Å². The van der Waals surface area contributed by atoms with Crippen molar-refractivity contribution in [2.24, 2.45) is 0 Å². The average molecular weight is 409 g/mol. The zero-order valence-corrected chi connectivity index (χ0v) is 15.8. The molecule has 3 rings (SSSR count). The third kappa shape index (κ3) is 3.38. The summed E-state index contributed by atoms with van der Waals surface area (Å²) in [5.74, 6) is -0.636. The monoisotopic (exact) mass is 408 g/mol. The number of nitrogens with one attached hydrogen (secondary N) is 1. The Kier molecular flexibility index (Phi) is 5.03. The number of amides is 1. The molecule has 0 saturated carbocycles. The zero-order chi connectivity index (χ0) is 17.3. The molecule has 0 atom stereocenters. The highest BCUT2D eigenvalue weighted by molar-refractivity contribution is 9.10. The largest absolute Gasteiger partial charge is 0.465 e. The Bertz CT molecular complexity index is 786. The Morgan fingerprint density at radius 2 is 2.00 bits per heavy atom. The maximum Gasteiger partial charge on any atom is 0.341 e. The summed E-state index contributed by atoms with van der Waals surface area (Å²) in [5, 5.41) is 3.44. The van der Waals surface area contributed by atoms with Crippen LogP contribution in [0, 0.1) is 0 Å². The number of ether oxygens (including phenoxy) is 1. The van der Waals surface area contributed by atoms with E-state index in [9.17, 15) is 9.59 Å². The molecule has 126 valence electrons. The van der Waals surface area contributed by atoms with E-state index in [4.69, 9.17) is 4.74 Å². The number of anilines is 1. The SMILES string of the molecule is COC(=O)c1c(NC(=O)c2ccc(Br)cc2)sc2c1CCN(C)C2. The minimum atomic E-state index is -0.400. The first kappa shape index (κ1) is 17.1. The summed E-state index contributed by atoms with van der Waals surface area (Å²) in [5.41, 5.74) is 2.03. The molecule has 1 aromatic heterocycles. The van der Waals surface area contributed by atoms with E-state index >= 15 is 0 Å².